The number of carbonyl (C=O) groups excluding carboxylic acids is 1. The highest BCUT2D eigenvalue weighted by Crippen LogP contribution is 2.35. The number of thiazole rings is 1. The fourth-order valence-corrected chi connectivity index (χ4v) is 3.43. The molecule has 0 saturated carbocycles. The van der Waals surface area contributed by atoms with E-state index in [1.54, 1.807) is 30.5 Å². The fourth-order valence-electron chi connectivity index (χ4n) is 2.77. The third-order valence-corrected chi connectivity index (χ3v) is 4.58. The van der Waals surface area contributed by atoms with Gasteiger partial charge in [0.25, 0.3) is 0 Å². The van der Waals surface area contributed by atoms with Crippen LogP contribution in [0.4, 0.5) is 5.82 Å². The van der Waals surface area contributed by atoms with Crippen molar-refractivity contribution in [1.82, 2.24) is 9.97 Å². The average Bonchev–Trinajstić information content (AvgIpc) is 3.16. The summed E-state index contributed by atoms with van der Waals surface area (Å²) >= 11 is 1.68. The molecular formula is C16H19N3O2S. The summed E-state index contributed by atoms with van der Waals surface area (Å²) < 4.78 is 4.99. The van der Waals surface area contributed by atoms with Crippen molar-refractivity contribution in [3.63, 3.8) is 0 Å². The van der Waals surface area contributed by atoms with Crippen LogP contribution in [-0.2, 0) is 4.74 Å². The van der Waals surface area contributed by atoms with Gasteiger partial charge in [0.2, 0.25) is 0 Å². The standard InChI is InChI=1S/C16H19N3O2S/c1-3-21-16(20)12-6-7-15(17-9-12)19-8-4-5-14(19)13-10-22-11(2)18-13/h6-7,9-10,14H,3-5,8H2,1-2H3. The number of esters is 1. The van der Waals surface area contributed by atoms with Crippen molar-refractivity contribution in [1.29, 1.82) is 0 Å². The first-order valence-corrected chi connectivity index (χ1v) is 8.39. The van der Waals surface area contributed by atoms with E-state index in [1.165, 1.54) is 0 Å². The molecule has 22 heavy (non-hydrogen) atoms. The maximum atomic E-state index is 11.7. The number of hydrogen-bond acceptors (Lipinski definition) is 6. The van der Waals surface area contributed by atoms with Gasteiger partial charge in [-0.2, -0.15) is 0 Å². The lowest BCUT2D eigenvalue weighted by molar-refractivity contribution is 0.0526. The minimum absolute atomic E-state index is 0.283. The maximum Gasteiger partial charge on any atom is 0.339 e. The van der Waals surface area contributed by atoms with Gasteiger partial charge in [0.1, 0.15) is 5.82 Å². The molecule has 2 aromatic heterocycles. The van der Waals surface area contributed by atoms with E-state index in [0.29, 0.717) is 12.2 Å². The molecule has 1 fully saturated rings. The normalized spacial score (nSPS) is 17.7. The molecule has 0 aromatic carbocycles. The van der Waals surface area contributed by atoms with Crippen molar-refractivity contribution in [2.45, 2.75) is 32.7 Å². The molecule has 3 heterocycles. The number of ether oxygens (including phenoxy) is 1. The summed E-state index contributed by atoms with van der Waals surface area (Å²) in [6, 6.07) is 3.96. The molecule has 116 valence electrons. The summed E-state index contributed by atoms with van der Waals surface area (Å²) in [5.41, 5.74) is 1.61. The lowest BCUT2D eigenvalue weighted by Gasteiger charge is -2.24. The summed E-state index contributed by atoms with van der Waals surface area (Å²) in [5, 5.41) is 3.22. The number of carbonyl (C=O) groups is 1. The topological polar surface area (TPSA) is 55.3 Å². The molecule has 0 aliphatic carbocycles. The van der Waals surface area contributed by atoms with Gasteiger partial charge >= 0.3 is 5.97 Å². The van der Waals surface area contributed by atoms with E-state index in [4.69, 9.17) is 4.74 Å². The van der Waals surface area contributed by atoms with E-state index in [2.05, 4.69) is 20.2 Å². The van der Waals surface area contributed by atoms with Crippen molar-refractivity contribution in [2.24, 2.45) is 0 Å². The number of nitrogens with zero attached hydrogens (tertiary/aromatic N) is 3. The van der Waals surface area contributed by atoms with Gasteiger partial charge in [-0.1, -0.05) is 0 Å². The Bertz CT molecular complexity index is 654. The van der Waals surface area contributed by atoms with E-state index >= 15 is 0 Å². The second kappa shape index (κ2) is 6.44. The van der Waals surface area contributed by atoms with Crippen LogP contribution in [0.3, 0.4) is 0 Å². The van der Waals surface area contributed by atoms with Gasteiger partial charge in [-0.3, -0.25) is 0 Å². The van der Waals surface area contributed by atoms with Crippen molar-refractivity contribution < 1.29 is 9.53 Å². The number of rotatable bonds is 4. The number of aryl methyl sites for hydroxylation is 1. The highest BCUT2D eigenvalue weighted by atomic mass is 32.1. The monoisotopic (exact) mass is 317 g/mol. The largest absolute Gasteiger partial charge is 0.462 e. The molecule has 6 heteroatoms. The van der Waals surface area contributed by atoms with E-state index in [9.17, 15) is 4.79 Å². The molecule has 0 N–H and O–H groups in total. The molecule has 0 spiro atoms. The Labute approximate surface area is 134 Å². The quantitative estimate of drug-likeness (QED) is 0.809. The van der Waals surface area contributed by atoms with Crippen LogP contribution in [0.1, 0.15) is 46.9 Å². The second-order valence-corrected chi connectivity index (χ2v) is 6.33. The van der Waals surface area contributed by atoms with Gasteiger partial charge < -0.3 is 9.64 Å². The van der Waals surface area contributed by atoms with Crippen molar-refractivity contribution >= 4 is 23.1 Å². The van der Waals surface area contributed by atoms with Crippen molar-refractivity contribution in [3.8, 4) is 0 Å². The predicted octanol–water partition coefficient (Wildman–Crippen LogP) is 3.36. The van der Waals surface area contributed by atoms with Crippen LogP contribution < -0.4 is 4.90 Å². The molecule has 1 aliphatic heterocycles. The van der Waals surface area contributed by atoms with E-state index < -0.39 is 0 Å². The minimum Gasteiger partial charge on any atom is -0.462 e. The first-order chi connectivity index (χ1) is 10.7. The lowest BCUT2D eigenvalue weighted by Crippen LogP contribution is -2.24. The summed E-state index contributed by atoms with van der Waals surface area (Å²) in [7, 11) is 0. The van der Waals surface area contributed by atoms with Gasteiger partial charge in [-0.25, -0.2) is 14.8 Å². The number of aromatic nitrogens is 2. The number of hydrogen-bond donors (Lipinski definition) is 0. The fraction of sp³-hybridized carbons (Fsp3) is 0.438. The molecule has 0 bridgehead atoms. The van der Waals surface area contributed by atoms with Gasteiger partial charge in [-0.15, -0.1) is 11.3 Å². The number of pyridine rings is 1. The molecule has 3 rings (SSSR count). The van der Waals surface area contributed by atoms with Crippen LogP contribution in [0.15, 0.2) is 23.7 Å². The highest BCUT2D eigenvalue weighted by Gasteiger charge is 2.28. The predicted molar refractivity (Wildman–Crippen MR) is 86.4 cm³/mol. The Morgan fingerprint density at radius 3 is 3.00 bits per heavy atom. The summed E-state index contributed by atoms with van der Waals surface area (Å²) in [4.78, 5) is 23.0. The van der Waals surface area contributed by atoms with E-state index in [1.807, 2.05) is 13.0 Å². The molecule has 1 saturated heterocycles. The minimum atomic E-state index is -0.324. The Balaban J connectivity index is 1.79. The van der Waals surface area contributed by atoms with Gasteiger partial charge in [0, 0.05) is 18.1 Å². The molecule has 1 unspecified atom stereocenters. The Hall–Kier alpha value is -1.95. The van der Waals surface area contributed by atoms with Crippen LogP contribution in [-0.4, -0.2) is 29.1 Å². The second-order valence-electron chi connectivity index (χ2n) is 5.27. The summed E-state index contributed by atoms with van der Waals surface area (Å²) in [5.74, 6) is 0.566. The third kappa shape index (κ3) is 2.97. The Morgan fingerprint density at radius 1 is 1.50 bits per heavy atom. The SMILES string of the molecule is CCOC(=O)c1ccc(N2CCCC2c2csc(C)n2)nc1. The molecule has 1 atom stereocenters. The third-order valence-electron chi connectivity index (χ3n) is 3.78. The number of anilines is 1. The van der Waals surface area contributed by atoms with Crippen molar-refractivity contribution in [2.75, 3.05) is 18.1 Å². The highest BCUT2D eigenvalue weighted by molar-refractivity contribution is 7.09. The van der Waals surface area contributed by atoms with Crippen molar-refractivity contribution in [3.05, 3.63) is 40.0 Å². The zero-order valence-corrected chi connectivity index (χ0v) is 13.6. The maximum absolute atomic E-state index is 11.7. The molecule has 5 nitrogen and oxygen atoms in total. The Morgan fingerprint density at radius 2 is 2.36 bits per heavy atom. The molecule has 0 radical (unpaired) electrons. The molecule has 2 aromatic rings. The summed E-state index contributed by atoms with van der Waals surface area (Å²) in [6.07, 6.45) is 3.81. The molecular weight excluding hydrogens is 298 g/mol. The lowest BCUT2D eigenvalue weighted by atomic mass is 10.1. The van der Waals surface area contributed by atoms with Gasteiger partial charge in [0.05, 0.1) is 28.9 Å². The van der Waals surface area contributed by atoms with Crippen LogP contribution >= 0.6 is 11.3 Å². The van der Waals surface area contributed by atoms with Gasteiger partial charge in [-0.05, 0) is 38.8 Å². The molecule has 1 aliphatic rings. The van der Waals surface area contributed by atoms with Crippen LogP contribution in [0.2, 0.25) is 0 Å². The molecule has 0 amide bonds. The first-order valence-electron chi connectivity index (χ1n) is 7.51. The van der Waals surface area contributed by atoms with E-state index in [-0.39, 0.29) is 12.0 Å². The Kier molecular flexibility index (Phi) is 4.38. The van der Waals surface area contributed by atoms with Gasteiger partial charge in [0.15, 0.2) is 0 Å². The van der Waals surface area contributed by atoms with Crippen LogP contribution in [0.5, 0.6) is 0 Å². The van der Waals surface area contributed by atoms with Crippen LogP contribution in [0, 0.1) is 6.92 Å². The zero-order valence-electron chi connectivity index (χ0n) is 12.8. The first kappa shape index (κ1) is 15.0. The smallest absolute Gasteiger partial charge is 0.339 e. The van der Waals surface area contributed by atoms with E-state index in [0.717, 1.165) is 35.9 Å². The zero-order chi connectivity index (χ0) is 15.5. The average molecular weight is 317 g/mol. The van der Waals surface area contributed by atoms with Crippen LogP contribution in [0.25, 0.3) is 0 Å². The summed E-state index contributed by atoms with van der Waals surface area (Å²) in [6.45, 7) is 5.16.